The topological polar surface area (TPSA) is 92.5 Å². The molecule has 6 nitrogen and oxygen atoms in total. The number of benzene rings is 2. The van der Waals surface area contributed by atoms with Gasteiger partial charge in [0.05, 0.1) is 11.4 Å². The van der Waals surface area contributed by atoms with E-state index in [4.69, 9.17) is 5.14 Å². The number of likely N-dealkylation sites (tertiary alicyclic amines) is 1. The van der Waals surface area contributed by atoms with Gasteiger partial charge in [0.15, 0.2) is 0 Å². The highest BCUT2D eigenvalue weighted by Crippen LogP contribution is 2.27. The quantitative estimate of drug-likeness (QED) is 0.840. The van der Waals surface area contributed by atoms with Crippen molar-refractivity contribution in [2.24, 2.45) is 5.14 Å². The van der Waals surface area contributed by atoms with Crippen molar-refractivity contribution in [2.75, 3.05) is 25.0 Å². The molecule has 1 aliphatic rings. The van der Waals surface area contributed by atoms with Crippen LogP contribution >= 0.6 is 0 Å². The molecular weight excluding hydrogens is 350 g/mol. The van der Waals surface area contributed by atoms with Crippen LogP contribution < -0.4 is 10.5 Å². The van der Waals surface area contributed by atoms with Gasteiger partial charge in [-0.3, -0.25) is 9.69 Å². The molecule has 0 bridgehead atoms. The first-order chi connectivity index (χ1) is 12.4. The lowest BCUT2D eigenvalue weighted by atomic mass is 9.89. The maximum absolute atomic E-state index is 12.3. The Morgan fingerprint density at radius 1 is 1.08 bits per heavy atom. The summed E-state index contributed by atoms with van der Waals surface area (Å²) in [7, 11) is -3.78. The van der Waals surface area contributed by atoms with Gasteiger partial charge < -0.3 is 5.32 Å². The summed E-state index contributed by atoms with van der Waals surface area (Å²) in [6.07, 6.45) is 2.05. The van der Waals surface area contributed by atoms with E-state index in [9.17, 15) is 13.2 Å². The van der Waals surface area contributed by atoms with Crippen molar-refractivity contribution >= 4 is 21.6 Å². The van der Waals surface area contributed by atoms with Gasteiger partial charge in [-0.15, -0.1) is 0 Å². The molecule has 138 valence electrons. The fraction of sp³-hybridized carbons (Fsp3) is 0.316. The van der Waals surface area contributed by atoms with Gasteiger partial charge in [0, 0.05) is 5.69 Å². The third-order valence-electron chi connectivity index (χ3n) is 4.67. The molecule has 0 radical (unpaired) electrons. The third-order valence-corrected chi connectivity index (χ3v) is 5.58. The van der Waals surface area contributed by atoms with Gasteiger partial charge in [-0.05, 0) is 55.6 Å². The van der Waals surface area contributed by atoms with Crippen molar-refractivity contribution < 1.29 is 13.2 Å². The Morgan fingerprint density at radius 3 is 2.42 bits per heavy atom. The summed E-state index contributed by atoms with van der Waals surface area (Å²) in [5.74, 6) is 0.386. The molecule has 7 heteroatoms. The summed E-state index contributed by atoms with van der Waals surface area (Å²) < 4.78 is 22.8. The predicted molar refractivity (Wildman–Crippen MR) is 101 cm³/mol. The molecule has 0 saturated carbocycles. The summed E-state index contributed by atoms with van der Waals surface area (Å²) in [6, 6.07) is 16.4. The number of primary sulfonamides is 1. The van der Waals surface area contributed by atoms with Gasteiger partial charge in [-0.1, -0.05) is 36.4 Å². The molecule has 0 aromatic heterocycles. The van der Waals surface area contributed by atoms with Crippen LogP contribution in [0.1, 0.15) is 24.3 Å². The van der Waals surface area contributed by atoms with Crippen LogP contribution in [0.3, 0.4) is 0 Å². The molecule has 2 aromatic rings. The molecule has 3 N–H and O–H groups in total. The minimum absolute atomic E-state index is 0.0148. The summed E-state index contributed by atoms with van der Waals surface area (Å²) in [5.41, 5.74) is 1.79. The van der Waals surface area contributed by atoms with E-state index in [1.165, 1.54) is 17.7 Å². The number of sulfonamides is 1. The van der Waals surface area contributed by atoms with Crippen LogP contribution in [0.2, 0.25) is 0 Å². The zero-order valence-corrected chi connectivity index (χ0v) is 15.3. The number of carbonyl (C=O) groups is 1. The van der Waals surface area contributed by atoms with Crippen LogP contribution in [-0.4, -0.2) is 38.9 Å². The summed E-state index contributed by atoms with van der Waals surface area (Å²) in [4.78, 5) is 14.4. The first kappa shape index (κ1) is 18.6. The van der Waals surface area contributed by atoms with Crippen LogP contribution in [-0.2, 0) is 14.8 Å². The SMILES string of the molecule is NS(=O)(=O)c1cccc(NC(=O)CN2CCC(c3ccccc3)CC2)c1. The van der Waals surface area contributed by atoms with Crippen molar-refractivity contribution in [3.8, 4) is 0 Å². The Balaban J connectivity index is 1.52. The molecule has 1 aliphatic heterocycles. The number of hydrogen-bond acceptors (Lipinski definition) is 4. The summed E-state index contributed by atoms with van der Waals surface area (Å²) >= 11 is 0. The standard InChI is InChI=1S/C19H23N3O3S/c20-26(24,25)18-8-4-7-17(13-18)21-19(23)14-22-11-9-16(10-12-22)15-5-2-1-3-6-15/h1-8,13,16H,9-12,14H2,(H,21,23)(H2,20,24,25). The largest absolute Gasteiger partial charge is 0.325 e. The predicted octanol–water partition coefficient (Wildman–Crippen LogP) is 2.15. The number of nitrogens with one attached hydrogen (secondary N) is 1. The second-order valence-corrected chi connectivity index (χ2v) is 8.14. The number of nitrogens with zero attached hydrogens (tertiary/aromatic N) is 1. The molecule has 0 unspecified atom stereocenters. The molecule has 1 saturated heterocycles. The molecular formula is C19H23N3O3S. The van der Waals surface area contributed by atoms with Crippen LogP contribution in [0.5, 0.6) is 0 Å². The van der Waals surface area contributed by atoms with E-state index in [1.807, 2.05) is 6.07 Å². The monoisotopic (exact) mass is 373 g/mol. The van der Waals surface area contributed by atoms with Crippen molar-refractivity contribution in [1.82, 2.24) is 4.90 Å². The molecule has 3 rings (SSSR count). The first-order valence-electron chi connectivity index (χ1n) is 8.62. The van der Waals surface area contributed by atoms with Gasteiger partial charge in [0.1, 0.15) is 0 Å². The number of carbonyl (C=O) groups excluding carboxylic acids is 1. The van der Waals surface area contributed by atoms with Crippen LogP contribution in [0.15, 0.2) is 59.5 Å². The molecule has 0 atom stereocenters. The highest BCUT2D eigenvalue weighted by molar-refractivity contribution is 7.89. The lowest BCUT2D eigenvalue weighted by Crippen LogP contribution is -2.38. The highest BCUT2D eigenvalue weighted by atomic mass is 32.2. The molecule has 2 aromatic carbocycles. The third kappa shape index (κ3) is 4.91. The molecule has 0 aliphatic carbocycles. The van der Waals surface area contributed by atoms with E-state index in [1.54, 1.807) is 12.1 Å². The second kappa shape index (κ2) is 7.99. The average Bonchev–Trinajstić information content (AvgIpc) is 2.62. The minimum atomic E-state index is -3.78. The van der Waals surface area contributed by atoms with Gasteiger partial charge >= 0.3 is 0 Å². The zero-order chi connectivity index (χ0) is 18.6. The Hall–Kier alpha value is -2.22. The van der Waals surface area contributed by atoms with E-state index in [0.29, 0.717) is 18.2 Å². The number of amides is 1. The van der Waals surface area contributed by atoms with Crippen LogP contribution in [0, 0.1) is 0 Å². The first-order valence-corrected chi connectivity index (χ1v) is 10.2. The van der Waals surface area contributed by atoms with E-state index >= 15 is 0 Å². The van der Waals surface area contributed by atoms with Gasteiger partial charge in [-0.25, -0.2) is 13.6 Å². The number of rotatable bonds is 5. The van der Waals surface area contributed by atoms with Gasteiger partial charge in [-0.2, -0.15) is 0 Å². The van der Waals surface area contributed by atoms with E-state index in [2.05, 4.69) is 34.5 Å². The average molecular weight is 373 g/mol. The Labute approximate surface area is 154 Å². The lowest BCUT2D eigenvalue weighted by Gasteiger charge is -2.31. The second-order valence-electron chi connectivity index (χ2n) is 6.58. The molecule has 0 spiro atoms. The fourth-order valence-corrected chi connectivity index (χ4v) is 3.86. The fourth-order valence-electron chi connectivity index (χ4n) is 3.30. The normalized spacial score (nSPS) is 16.3. The van der Waals surface area contributed by atoms with E-state index < -0.39 is 10.0 Å². The van der Waals surface area contributed by atoms with Crippen LogP contribution in [0.4, 0.5) is 5.69 Å². The Kier molecular flexibility index (Phi) is 5.70. The van der Waals surface area contributed by atoms with Crippen molar-refractivity contribution in [3.63, 3.8) is 0 Å². The Bertz CT molecular complexity index is 861. The smallest absolute Gasteiger partial charge is 0.238 e. The van der Waals surface area contributed by atoms with Crippen molar-refractivity contribution in [3.05, 3.63) is 60.2 Å². The molecule has 1 fully saturated rings. The summed E-state index contributed by atoms with van der Waals surface area (Å²) in [5, 5.41) is 7.86. The van der Waals surface area contributed by atoms with Crippen LogP contribution in [0.25, 0.3) is 0 Å². The maximum atomic E-state index is 12.3. The van der Waals surface area contributed by atoms with Crippen molar-refractivity contribution in [1.29, 1.82) is 0 Å². The number of nitrogens with two attached hydrogens (primary N) is 1. The van der Waals surface area contributed by atoms with Gasteiger partial charge in [0.25, 0.3) is 0 Å². The number of piperidine rings is 1. The highest BCUT2D eigenvalue weighted by Gasteiger charge is 2.22. The molecule has 1 amide bonds. The van der Waals surface area contributed by atoms with Gasteiger partial charge in [0.2, 0.25) is 15.9 Å². The van der Waals surface area contributed by atoms with E-state index in [0.717, 1.165) is 25.9 Å². The molecule has 1 heterocycles. The van der Waals surface area contributed by atoms with Crippen molar-refractivity contribution in [2.45, 2.75) is 23.7 Å². The van der Waals surface area contributed by atoms with E-state index in [-0.39, 0.29) is 10.8 Å². The number of hydrogen-bond donors (Lipinski definition) is 2. The minimum Gasteiger partial charge on any atom is -0.325 e. The molecule has 26 heavy (non-hydrogen) atoms. The zero-order valence-electron chi connectivity index (χ0n) is 14.5. The Morgan fingerprint density at radius 2 is 1.77 bits per heavy atom. The lowest BCUT2D eigenvalue weighted by molar-refractivity contribution is -0.117. The summed E-state index contributed by atoms with van der Waals surface area (Å²) in [6.45, 7) is 2.02. The maximum Gasteiger partial charge on any atom is 0.238 e. The number of anilines is 1.